The van der Waals surface area contributed by atoms with Crippen molar-refractivity contribution in [3.05, 3.63) is 29.8 Å². The van der Waals surface area contributed by atoms with Gasteiger partial charge in [-0.3, -0.25) is 0 Å². The van der Waals surface area contributed by atoms with Gasteiger partial charge in [-0.15, -0.1) is 0 Å². The van der Waals surface area contributed by atoms with E-state index in [2.05, 4.69) is 10.0 Å². The molecule has 0 aliphatic rings. The second-order valence-corrected chi connectivity index (χ2v) is 4.90. The maximum atomic E-state index is 11.8. The third-order valence-electron chi connectivity index (χ3n) is 2.05. The van der Waals surface area contributed by atoms with Crippen molar-refractivity contribution in [3.8, 4) is 0 Å². The molecule has 0 heterocycles. The molecule has 0 bridgehead atoms. The minimum Gasteiger partial charge on any atom is -0.318 e. The van der Waals surface area contributed by atoms with Crippen molar-refractivity contribution in [2.45, 2.75) is 52.5 Å². The van der Waals surface area contributed by atoms with E-state index in [4.69, 9.17) is 0 Å². The average molecular weight is 286 g/mol. The zero-order valence-corrected chi connectivity index (χ0v) is 14.2. The lowest BCUT2D eigenvalue weighted by molar-refractivity contribution is 0.605. The van der Waals surface area contributed by atoms with Crippen molar-refractivity contribution < 1.29 is 4.21 Å². The van der Waals surface area contributed by atoms with E-state index < -0.39 is 11.0 Å². The van der Waals surface area contributed by atoms with Gasteiger partial charge in [0, 0.05) is 12.6 Å². The number of nitrogens with one attached hydrogen (secondary N) is 2. The summed E-state index contributed by atoms with van der Waals surface area (Å²) < 4.78 is 14.8. The second kappa shape index (κ2) is 13.7. The Morgan fingerprint density at radius 1 is 1.11 bits per heavy atom. The summed E-state index contributed by atoms with van der Waals surface area (Å²) in [5.41, 5.74) is 1.18. The monoisotopic (exact) mass is 286 g/mol. The molecule has 112 valence electrons. The van der Waals surface area contributed by atoms with E-state index in [0.29, 0.717) is 0 Å². The van der Waals surface area contributed by atoms with Gasteiger partial charge in [-0.05, 0) is 33.0 Å². The van der Waals surface area contributed by atoms with Crippen molar-refractivity contribution >= 4 is 11.0 Å². The topological polar surface area (TPSA) is 41.1 Å². The molecule has 0 radical (unpaired) electrons. The summed E-state index contributed by atoms with van der Waals surface area (Å²) in [5, 5.41) is 3.04. The van der Waals surface area contributed by atoms with Crippen LogP contribution in [0.25, 0.3) is 0 Å². The summed E-state index contributed by atoms with van der Waals surface area (Å²) in [6, 6.07) is 7.92. The molecule has 0 spiro atoms. The molecular formula is C15H30N2OS. The lowest BCUT2D eigenvalue weighted by Crippen LogP contribution is -2.35. The van der Waals surface area contributed by atoms with Crippen LogP contribution in [0, 0.1) is 6.92 Å². The molecule has 0 fully saturated rings. The molecule has 1 aromatic rings. The maximum absolute atomic E-state index is 11.8. The van der Waals surface area contributed by atoms with Gasteiger partial charge >= 0.3 is 0 Å². The van der Waals surface area contributed by atoms with Crippen molar-refractivity contribution in [3.63, 3.8) is 0 Å². The van der Waals surface area contributed by atoms with Gasteiger partial charge in [0.15, 0.2) is 0 Å². The van der Waals surface area contributed by atoms with E-state index in [9.17, 15) is 4.21 Å². The zero-order valence-electron chi connectivity index (χ0n) is 13.4. The Kier molecular flexibility index (Phi) is 14.9. The predicted molar refractivity (Wildman–Crippen MR) is 86.8 cm³/mol. The Morgan fingerprint density at radius 3 is 2.00 bits per heavy atom. The molecule has 0 aliphatic heterocycles. The molecule has 2 unspecified atom stereocenters. The van der Waals surface area contributed by atoms with Gasteiger partial charge in [0.1, 0.15) is 11.0 Å². The van der Waals surface area contributed by atoms with E-state index in [0.717, 1.165) is 11.4 Å². The molecule has 0 aliphatic carbocycles. The van der Waals surface area contributed by atoms with Crippen LogP contribution in [-0.4, -0.2) is 23.8 Å². The molecule has 0 amide bonds. The van der Waals surface area contributed by atoms with Crippen LogP contribution in [0.15, 0.2) is 29.2 Å². The van der Waals surface area contributed by atoms with Crippen molar-refractivity contribution in [1.29, 1.82) is 0 Å². The van der Waals surface area contributed by atoms with Crippen LogP contribution < -0.4 is 10.0 Å². The lowest BCUT2D eigenvalue weighted by atomic mass is 10.2. The highest BCUT2D eigenvalue weighted by atomic mass is 32.2. The fourth-order valence-electron chi connectivity index (χ4n) is 1.26. The summed E-state index contributed by atoms with van der Waals surface area (Å²) >= 11 is 0. The zero-order chi connectivity index (χ0) is 15.3. The molecule has 2 N–H and O–H groups in total. The molecule has 0 saturated carbocycles. The Bertz CT molecular complexity index is 325. The Labute approximate surface area is 121 Å². The SMILES string of the molecule is CC.CC.CNCC(C)NS(=O)c1ccc(C)cc1. The average Bonchev–Trinajstić information content (AvgIpc) is 2.44. The van der Waals surface area contributed by atoms with Crippen LogP contribution in [0.1, 0.15) is 40.2 Å². The quantitative estimate of drug-likeness (QED) is 0.872. The Hall–Kier alpha value is -0.710. The van der Waals surface area contributed by atoms with Crippen LogP contribution in [0.4, 0.5) is 0 Å². The molecule has 3 nitrogen and oxygen atoms in total. The fraction of sp³-hybridized carbons (Fsp3) is 0.600. The van der Waals surface area contributed by atoms with Gasteiger partial charge in [-0.2, -0.15) is 0 Å². The smallest absolute Gasteiger partial charge is 0.125 e. The van der Waals surface area contributed by atoms with Gasteiger partial charge in [-0.1, -0.05) is 45.4 Å². The van der Waals surface area contributed by atoms with E-state index in [1.807, 2.05) is 72.9 Å². The minimum atomic E-state index is -1.11. The highest BCUT2D eigenvalue weighted by molar-refractivity contribution is 7.83. The van der Waals surface area contributed by atoms with Crippen LogP contribution in [-0.2, 0) is 11.0 Å². The normalized spacial score (nSPS) is 12.4. The minimum absolute atomic E-state index is 0.192. The first-order valence-electron chi connectivity index (χ1n) is 7.02. The molecular weight excluding hydrogens is 256 g/mol. The third kappa shape index (κ3) is 9.82. The number of aryl methyl sites for hydroxylation is 1. The van der Waals surface area contributed by atoms with Gasteiger partial charge in [0.25, 0.3) is 0 Å². The largest absolute Gasteiger partial charge is 0.318 e. The number of benzene rings is 1. The molecule has 4 heteroatoms. The number of hydrogen-bond donors (Lipinski definition) is 2. The highest BCUT2D eigenvalue weighted by Gasteiger charge is 2.07. The Morgan fingerprint density at radius 2 is 1.58 bits per heavy atom. The molecule has 1 aromatic carbocycles. The van der Waals surface area contributed by atoms with Gasteiger partial charge < -0.3 is 5.32 Å². The summed E-state index contributed by atoms with van der Waals surface area (Å²) in [4.78, 5) is 0.823. The first kappa shape index (κ1) is 20.6. The third-order valence-corrected chi connectivity index (χ3v) is 3.37. The standard InChI is InChI=1S/C11H18N2OS.2C2H6/c1-9-4-6-11(7-5-9)15(14)13-10(2)8-12-3;2*1-2/h4-7,10,12-13H,8H2,1-3H3;2*1-2H3. The second-order valence-electron chi connectivity index (χ2n) is 3.66. The number of likely N-dealkylation sites (N-methyl/N-ethyl adjacent to an activating group) is 1. The van der Waals surface area contributed by atoms with Gasteiger partial charge in [0.2, 0.25) is 0 Å². The first-order chi connectivity index (χ1) is 9.13. The van der Waals surface area contributed by atoms with E-state index >= 15 is 0 Å². The van der Waals surface area contributed by atoms with Crippen LogP contribution in [0.2, 0.25) is 0 Å². The number of rotatable bonds is 5. The van der Waals surface area contributed by atoms with Crippen LogP contribution >= 0.6 is 0 Å². The highest BCUT2D eigenvalue weighted by Crippen LogP contribution is 2.06. The van der Waals surface area contributed by atoms with Crippen LogP contribution in [0.3, 0.4) is 0 Å². The predicted octanol–water partition coefficient (Wildman–Crippen LogP) is 3.27. The summed E-state index contributed by atoms with van der Waals surface area (Å²) in [6.45, 7) is 12.8. The van der Waals surface area contributed by atoms with Gasteiger partial charge in [-0.25, -0.2) is 8.93 Å². The molecule has 0 aromatic heterocycles. The van der Waals surface area contributed by atoms with E-state index in [1.54, 1.807) is 0 Å². The summed E-state index contributed by atoms with van der Waals surface area (Å²) in [5.74, 6) is 0. The Balaban J connectivity index is 0. The molecule has 19 heavy (non-hydrogen) atoms. The maximum Gasteiger partial charge on any atom is 0.125 e. The van der Waals surface area contributed by atoms with E-state index in [-0.39, 0.29) is 6.04 Å². The molecule has 0 saturated heterocycles. The summed E-state index contributed by atoms with van der Waals surface area (Å²) in [6.07, 6.45) is 0. The summed E-state index contributed by atoms with van der Waals surface area (Å²) in [7, 11) is 0.769. The van der Waals surface area contributed by atoms with Crippen molar-refractivity contribution in [2.75, 3.05) is 13.6 Å². The lowest BCUT2D eigenvalue weighted by Gasteiger charge is -2.12. The molecule has 1 rings (SSSR count). The fourth-order valence-corrected chi connectivity index (χ4v) is 2.23. The van der Waals surface area contributed by atoms with Crippen molar-refractivity contribution in [2.24, 2.45) is 0 Å². The first-order valence-corrected chi connectivity index (χ1v) is 8.17. The van der Waals surface area contributed by atoms with Crippen molar-refractivity contribution in [1.82, 2.24) is 10.0 Å². The molecule has 2 atom stereocenters. The number of hydrogen-bond acceptors (Lipinski definition) is 2. The van der Waals surface area contributed by atoms with E-state index in [1.165, 1.54) is 5.56 Å². The van der Waals surface area contributed by atoms with Crippen LogP contribution in [0.5, 0.6) is 0 Å². The van der Waals surface area contributed by atoms with Gasteiger partial charge in [0.05, 0.1) is 4.90 Å².